The van der Waals surface area contributed by atoms with E-state index in [1.807, 2.05) is 13.1 Å². The number of nitrogens with zero attached hydrogens (tertiary/aromatic N) is 2. The number of hydrogen-bond donors (Lipinski definition) is 2. The van der Waals surface area contributed by atoms with Gasteiger partial charge in [0.25, 0.3) is 0 Å². The van der Waals surface area contributed by atoms with E-state index in [1.165, 1.54) is 0 Å². The van der Waals surface area contributed by atoms with Crippen LogP contribution in [0, 0.1) is 0 Å². The highest BCUT2D eigenvalue weighted by Gasteiger charge is 2.16. The van der Waals surface area contributed by atoms with Crippen LogP contribution < -0.4 is 10.6 Å². The van der Waals surface area contributed by atoms with E-state index < -0.39 is 0 Å². The lowest BCUT2D eigenvalue weighted by atomic mass is 10.2. The van der Waals surface area contributed by atoms with Crippen LogP contribution in [0.15, 0.2) is 6.07 Å². The molecular weight excluding hydrogens is 216 g/mol. The van der Waals surface area contributed by atoms with Gasteiger partial charge in [-0.15, -0.1) is 0 Å². The number of anilines is 2. The summed E-state index contributed by atoms with van der Waals surface area (Å²) in [5.74, 6) is 2.91. The van der Waals surface area contributed by atoms with Crippen LogP contribution in [-0.4, -0.2) is 36.3 Å². The molecule has 1 aromatic heterocycles. The van der Waals surface area contributed by atoms with Crippen molar-refractivity contribution in [3.63, 3.8) is 0 Å². The van der Waals surface area contributed by atoms with Gasteiger partial charge in [0.2, 0.25) is 0 Å². The second kappa shape index (κ2) is 5.31. The molecule has 0 saturated carbocycles. The Hall–Kier alpha value is -1.36. The maximum Gasteiger partial charge on any atom is 0.135 e. The second-order valence-corrected chi connectivity index (χ2v) is 4.61. The third-order valence-corrected chi connectivity index (χ3v) is 2.80. The molecule has 17 heavy (non-hydrogen) atoms. The van der Waals surface area contributed by atoms with Crippen molar-refractivity contribution in [2.45, 2.75) is 32.2 Å². The zero-order chi connectivity index (χ0) is 12.3. The van der Waals surface area contributed by atoms with Gasteiger partial charge in [0.1, 0.15) is 17.5 Å². The Morgan fingerprint density at radius 1 is 1.35 bits per heavy atom. The fraction of sp³-hybridized carbons (Fsp3) is 0.667. The van der Waals surface area contributed by atoms with Gasteiger partial charge in [-0.25, -0.2) is 9.97 Å². The Morgan fingerprint density at radius 3 is 2.71 bits per heavy atom. The van der Waals surface area contributed by atoms with Crippen molar-refractivity contribution in [3.05, 3.63) is 11.9 Å². The summed E-state index contributed by atoms with van der Waals surface area (Å²) in [6, 6.07) is 2.30. The second-order valence-electron chi connectivity index (χ2n) is 4.61. The standard InChI is InChI=1S/C12H20N4O/c1-8(2)12-15-10(13-3)6-11(16-12)14-9-4-5-17-7-9/h6,8-9H,4-5,7H2,1-3H3,(H2,13,14,15,16). The number of rotatable bonds is 4. The number of hydrogen-bond acceptors (Lipinski definition) is 5. The molecule has 1 fully saturated rings. The summed E-state index contributed by atoms with van der Waals surface area (Å²) in [5, 5.41) is 6.46. The Labute approximate surface area is 102 Å². The molecular formula is C12H20N4O. The van der Waals surface area contributed by atoms with Crippen molar-refractivity contribution in [3.8, 4) is 0 Å². The molecule has 0 amide bonds. The summed E-state index contributed by atoms with van der Waals surface area (Å²) in [4.78, 5) is 8.96. The zero-order valence-electron chi connectivity index (χ0n) is 10.7. The molecule has 0 spiro atoms. The van der Waals surface area contributed by atoms with E-state index in [1.54, 1.807) is 0 Å². The normalized spacial score (nSPS) is 19.6. The molecule has 2 rings (SSSR count). The van der Waals surface area contributed by atoms with Crippen molar-refractivity contribution in [1.82, 2.24) is 9.97 Å². The van der Waals surface area contributed by atoms with Crippen molar-refractivity contribution in [1.29, 1.82) is 0 Å². The van der Waals surface area contributed by atoms with E-state index in [4.69, 9.17) is 4.74 Å². The first-order chi connectivity index (χ1) is 8.19. The molecule has 5 nitrogen and oxygen atoms in total. The smallest absolute Gasteiger partial charge is 0.135 e. The fourth-order valence-corrected chi connectivity index (χ4v) is 1.78. The molecule has 0 radical (unpaired) electrons. The van der Waals surface area contributed by atoms with Crippen LogP contribution in [0.25, 0.3) is 0 Å². The Kier molecular flexibility index (Phi) is 3.78. The van der Waals surface area contributed by atoms with Crippen molar-refractivity contribution < 1.29 is 4.74 Å². The molecule has 5 heteroatoms. The largest absolute Gasteiger partial charge is 0.379 e. The molecule has 1 aromatic rings. The van der Waals surface area contributed by atoms with Crippen LogP contribution in [0.4, 0.5) is 11.6 Å². The third-order valence-electron chi connectivity index (χ3n) is 2.80. The molecule has 1 aliphatic rings. The monoisotopic (exact) mass is 236 g/mol. The minimum Gasteiger partial charge on any atom is -0.379 e. The van der Waals surface area contributed by atoms with Crippen molar-refractivity contribution in [2.75, 3.05) is 30.9 Å². The summed E-state index contributed by atoms with van der Waals surface area (Å²) in [6.07, 6.45) is 1.04. The van der Waals surface area contributed by atoms with Gasteiger partial charge < -0.3 is 15.4 Å². The number of nitrogens with one attached hydrogen (secondary N) is 2. The summed E-state index contributed by atoms with van der Waals surface area (Å²) in [6.45, 7) is 5.78. The predicted molar refractivity (Wildman–Crippen MR) is 68.5 cm³/mol. The highest BCUT2D eigenvalue weighted by atomic mass is 16.5. The van der Waals surface area contributed by atoms with Crippen LogP contribution in [0.1, 0.15) is 32.0 Å². The summed E-state index contributed by atoms with van der Waals surface area (Å²) in [7, 11) is 1.87. The molecule has 0 aliphatic carbocycles. The Balaban J connectivity index is 2.16. The van der Waals surface area contributed by atoms with E-state index in [2.05, 4.69) is 34.4 Å². The first-order valence-electron chi connectivity index (χ1n) is 6.10. The van der Waals surface area contributed by atoms with Gasteiger partial charge >= 0.3 is 0 Å². The summed E-state index contributed by atoms with van der Waals surface area (Å²) >= 11 is 0. The topological polar surface area (TPSA) is 59.1 Å². The van der Waals surface area contributed by atoms with E-state index in [0.29, 0.717) is 12.0 Å². The van der Waals surface area contributed by atoms with E-state index in [-0.39, 0.29) is 0 Å². The van der Waals surface area contributed by atoms with Gasteiger partial charge in [-0.2, -0.15) is 0 Å². The fourth-order valence-electron chi connectivity index (χ4n) is 1.78. The van der Waals surface area contributed by atoms with Gasteiger partial charge in [-0.3, -0.25) is 0 Å². The Bertz CT molecular complexity index is 375. The van der Waals surface area contributed by atoms with Gasteiger partial charge in [0.05, 0.1) is 12.6 Å². The quantitative estimate of drug-likeness (QED) is 0.835. The number of aromatic nitrogens is 2. The summed E-state index contributed by atoms with van der Waals surface area (Å²) in [5.41, 5.74) is 0. The van der Waals surface area contributed by atoms with Crippen LogP contribution in [0.2, 0.25) is 0 Å². The highest BCUT2D eigenvalue weighted by molar-refractivity contribution is 5.48. The molecule has 1 unspecified atom stereocenters. The molecule has 1 aliphatic heterocycles. The average Bonchev–Trinajstić information content (AvgIpc) is 2.81. The van der Waals surface area contributed by atoms with E-state index >= 15 is 0 Å². The summed E-state index contributed by atoms with van der Waals surface area (Å²) < 4.78 is 5.34. The number of ether oxygens (including phenoxy) is 1. The van der Waals surface area contributed by atoms with Crippen LogP contribution in [0.3, 0.4) is 0 Å². The molecule has 94 valence electrons. The molecule has 0 bridgehead atoms. The highest BCUT2D eigenvalue weighted by Crippen LogP contribution is 2.18. The van der Waals surface area contributed by atoms with Crippen LogP contribution >= 0.6 is 0 Å². The van der Waals surface area contributed by atoms with E-state index in [9.17, 15) is 0 Å². The minimum absolute atomic E-state index is 0.323. The van der Waals surface area contributed by atoms with Crippen molar-refractivity contribution >= 4 is 11.6 Å². The SMILES string of the molecule is CNc1cc(NC2CCOC2)nc(C(C)C)n1. The van der Waals surface area contributed by atoms with Crippen LogP contribution in [-0.2, 0) is 4.74 Å². The average molecular weight is 236 g/mol. The van der Waals surface area contributed by atoms with Gasteiger partial charge in [-0.05, 0) is 6.42 Å². The lowest BCUT2D eigenvalue weighted by Crippen LogP contribution is -2.20. The molecule has 1 saturated heterocycles. The lowest BCUT2D eigenvalue weighted by Gasteiger charge is -2.14. The molecule has 1 atom stereocenters. The maximum atomic E-state index is 5.34. The predicted octanol–water partition coefficient (Wildman–Crippen LogP) is 1.84. The van der Waals surface area contributed by atoms with Gasteiger partial charge in [-0.1, -0.05) is 13.8 Å². The van der Waals surface area contributed by atoms with E-state index in [0.717, 1.165) is 37.1 Å². The van der Waals surface area contributed by atoms with Crippen LogP contribution in [0.5, 0.6) is 0 Å². The third kappa shape index (κ3) is 3.06. The van der Waals surface area contributed by atoms with Gasteiger partial charge in [0, 0.05) is 25.6 Å². The molecule has 2 N–H and O–H groups in total. The lowest BCUT2D eigenvalue weighted by molar-refractivity contribution is 0.195. The first kappa shape index (κ1) is 12.1. The first-order valence-corrected chi connectivity index (χ1v) is 6.10. The van der Waals surface area contributed by atoms with Gasteiger partial charge in [0.15, 0.2) is 0 Å². The molecule has 2 heterocycles. The zero-order valence-corrected chi connectivity index (χ0v) is 10.7. The van der Waals surface area contributed by atoms with Crippen molar-refractivity contribution in [2.24, 2.45) is 0 Å². The maximum absolute atomic E-state index is 5.34. The minimum atomic E-state index is 0.323. The Morgan fingerprint density at radius 2 is 2.12 bits per heavy atom. The molecule has 0 aromatic carbocycles.